The van der Waals surface area contributed by atoms with E-state index in [1.54, 1.807) is 22.4 Å². The summed E-state index contributed by atoms with van der Waals surface area (Å²) in [5, 5.41) is 5.72. The Hall–Kier alpha value is -2.93. The minimum absolute atomic E-state index is 0.0817. The fraction of sp³-hybridized carbons (Fsp3) is 0.238. The molecule has 1 amide bonds. The first kappa shape index (κ1) is 18.4. The Morgan fingerprint density at radius 1 is 1.11 bits per heavy atom. The predicted molar refractivity (Wildman–Crippen MR) is 111 cm³/mol. The molecule has 0 unspecified atom stereocenters. The number of para-hydroxylation sites is 1. The summed E-state index contributed by atoms with van der Waals surface area (Å²) in [7, 11) is 0. The van der Waals surface area contributed by atoms with Gasteiger partial charge < -0.3 is 15.1 Å². The van der Waals surface area contributed by atoms with Gasteiger partial charge in [-0.25, -0.2) is 9.37 Å². The monoisotopic (exact) mass is 396 g/mol. The van der Waals surface area contributed by atoms with E-state index in [1.165, 1.54) is 17.4 Å². The number of carbonyl (C=O) groups is 1. The molecule has 0 atom stereocenters. The molecule has 0 spiro atoms. The third-order valence-corrected chi connectivity index (χ3v) is 5.51. The van der Waals surface area contributed by atoms with Crippen LogP contribution in [0.25, 0.3) is 0 Å². The molecule has 7 heteroatoms. The van der Waals surface area contributed by atoms with E-state index in [0.29, 0.717) is 42.7 Å². The fourth-order valence-corrected chi connectivity index (χ4v) is 4.00. The van der Waals surface area contributed by atoms with E-state index in [4.69, 9.17) is 0 Å². The molecule has 1 saturated heterocycles. The molecule has 2 aromatic carbocycles. The lowest BCUT2D eigenvalue weighted by Gasteiger charge is -2.35. The average molecular weight is 396 g/mol. The largest absolute Gasteiger partial charge is 0.366 e. The number of rotatable bonds is 4. The van der Waals surface area contributed by atoms with Gasteiger partial charge in [0, 0.05) is 37.2 Å². The quantitative estimate of drug-likeness (QED) is 0.714. The summed E-state index contributed by atoms with van der Waals surface area (Å²) < 4.78 is 14.0. The molecule has 0 aliphatic carbocycles. The number of amides is 1. The van der Waals surface area contributed by atoms with Crippen molar-refractivity contribution in [2.75, 3.05) is 36.4 Å². The first-order chi connectivity index (χ1) is 13.6. The second-order valence-corrected chi connectivity index (χ2v) is 7.62. The first-order valence-electron chi connectivity index (χ1n) is 9.18. The molecule has 2 heterocycles. The Kier molecular flexibility index (Phi) is 5.25. The van der Waals surface area contributed by atoms with Crippen LogP contribution in [-0.2, 0) is 0 Å². The van der Waals surface area contributed by atoms with Crippen LogP contribution in [0.3, 0.4) is 0 Å². The Labute approximate surface area is 167 Å². The fourth-order valence-electron chi connectivity index (χ4n) is 3.30. The molecule has 1 aliphatic rings. The van der Waals surface area contributed by atoms with Crippen LogP contribution in [0.15, 0.2) is 53.9 Å². The average Bonchev–Trinajstić information content (AvgIpc) is 3.16. The van der Waals surface area contributed by atoms with Gasteiger partial charge in [0.15, 0.2) is 5.13 Å². The van der Waals surface area contributed by atoms with Gasteiger partial charge in [-0.15, -0.1) is 11.3 Å². The van der Waals surface area contributed by atoms with E-state index in [0.717, 1.165) is 11.3 Å². The van der Waals surface area contributed by atoms with Crippen molar-refractivity contribution >= 4 is 33.8 Å². The minimum Gasteiger partial charge on any atom is -0.366 e. The minimum atomic E-state index is -0.228. The van der Waals surface area contributed by atoms with Gasteiger partial charge in [0.05, 0.1) is 5.69 Å². The summed E-state index contributed by atoms with van der Waals surface area (Å²) in [6, 6.07) is 14.8. The van der Waals surface area contributed by atoms with Gasteiger partial charge >= 0.3 is 0 Å². The zero-order valence-electron chi connectivity index (χ0n) is 15.6. The highest BCUT2D eigenvalue weighted by Crippen LogP contribution is 2.24. The van der Waals surface area contributed by atoms with Crippen molar-refractivity contribution in [1.29, 1.82) is 0 Å². The molecule has 4 rings (SSSR count). The van der Waals surface area contributed by atoms with Gasteiger partial charge in [0.2, 0.25) is 0 Å². The van der Waals surface area contributed by atoms with E-state index in [1.807, 2.05) is 42.2 Å². The van der Waals surface area contributed by atoms with Crippen molar-refractivity contribution in [3.63, 3.8) is 0 Å². The number of nitrogens with zero attached hydrogens (tertiary/aromatic N) is 3. The van der Waals surface area contributed by atoms with Crippen molar-refractivity contribution in [3.05, 3.63) is 71.0 Å². The highest BCUT2D eigenvalue weighted by molar-refractivity contribution is 7.14. The number of aromatic nitrogens is 1. The van der Waals surface area contributed by atoms with E-state index >= 15 is 0 Å². The summed E-state index contributed by atoms with van der Waals surface area (Å²) in [6.07, 6.45) is 0. The van der Waals surface area contributed by atoms with E-state index in [-0.39, 0.29) is 11.7 Å². The number of anilines is 3. The lowest BCUT2D eigenvalue weighted by atomic mass is 10.2. The molecule has 1 N–H and O–H groups in total. The maximum absolute atomic E-state index is 14.0. The number of thiazole rings is 1. The van der Waals surface area contributed by atoms with Gasteiger partial charge in [0.1, 0.15) is 11.5 Å². The molecule has 0 radical (unpaired) electrons. The topological polar surface area (TPSA) is 48.5 Å². The van der Waals surface area contributed by atoms with Gasteiger partial charge in [-0.1, -0.05) is 24.3 Å². The van der Waals surface area contributed by atoms with Crippen LogP contribution in [0.2, 0.25) is 0 Å². The van der Waals surface area contributed by atoms with Crippen LogP contribution < -0.4 is 10.2 Å². The van der Waals surface area contributed by atoms with Crippen molar-refractivity contribution in [1.82, 2.24) is 9.88 Å². The van der Waals surface area contributed by atoms with Crippen LogP contribution >= 0.6 is 11.3 Å². The van der Waals surface area contributed by atoms with Crippen LogP contribution in [0.5, 0.6) is 0 Å². The zero-order chi connectivity index (χ0) is 19.5. The molecule has 0 bridgehead atoms. The number of piperazine rings is 1. The van der Waals surface area contributed by atoms with Gasteiger partial charge in [0.25, 0.3) is 5.91 Å². The molecular formula is C21H21FN4OS. The summed E-state index contributed by atoms with van der Waals surface area (Å²) >= 11 is 1.41. The van der Waals surface area contributed by atoms with Crippen LogP contribution in [-0.4, -0.2) is 42.0 Å². The number of hydrogen-bond acceptors (Lipinski definition) is 5. The third-order valence-electron chi connectivity index (χ3n) is 4.75. The number of carbonyl (C=O) groups excluding carboxylic acids is 1. The first-order valence-corrected chi connectivity index (χ1v) is 10.1. The lowest BCUT2D eigenvalue weighted by Crippen LogP contribution is -2.49. The predicted octanol–water partition coefficient (Wildman–Crippen LogP) is 4.30. The second-order valence-electron chi connectivity index (χ2n) is 6.76. The summed E-state index contributed by atoms with van der Waals surface area (Å²) in [6.45, 7) is 4.33. The summed E-state index contributed by atoms with van der Waals surface area (Å²) in [4.78, 5) is 21.0. The van der Waals surface area contributed by atoms with E-state index in [9.17, 15) is 9.18 Å². The highest BCUT2D eigenvalue weighted by atomic mass is 32.1. The third kappa shape index (κ3) is 3.99. The summed E-state index contributed by atoms with van der Waals surface area (Å²) in [5.41, 5.74) is 3.14. The van der Waals surface area contributed by atoms with Crippen LogP contribution in [0.1, 0.15) is 16.1 Å². The number of hydrogen-bond donors (Lipinski definition) is 1. The van der Waals surface area contributed by atoms with Crippen molar-refractivity contribution in [2.24, 2.45) is 0 Å². The smallest absolute Gasteiger partial charge is 0.273 e. The molecule has 0 saturated carbocycles. The van der Waals surface area contributed by atoms with Crippen molar-refractivity contribution in [3.8, 4) is 0 Å². The van der Waals surface area contributed by atoms with E-state index < -0.39 is 0 Å². The normalized spacial score (nSPS) is 14.2. The molecule has 5 nitrogen and oxygen atoms in total. The molecule has 28 heavy (non-hydrogen) atoms. The molecule has 1 fully saturated rings. The second kappa shape index (κ2) is 7.98. The standard InChI is InChI=1S/C21H21FN4OS/c1-15-5-4-6-16(13-15)23-21-24-18(14-28-21)20(27)26-11-9-25(10-12-26)19-8-3-2-7-17(19)22/h2-8,13-14H,9-12H2,1H3,(H,23,24). The Bertz CT molecular complexity index is 982. The highest BCUT2D eigenvalue weighted by Gasteiger charge is 2.25. The maximum atomic E-state index is 14.0. The maximum Gasteiger partial charge on any atom is 0.273 e. The van der Waals surface area contributed by atoms with Gasteiger partial charge in [-0.3, -0.25) is 4.79 Å². The molecule has 144 valence electrons. The van der Waals surface area contributed by atoms with Crippen molar-refractivity contribution in [2.45, 2.75) is 6.92 Å². The number of nitrogens with one attached hydrogen (secondary N) is 1. The lowest BCUT2D eigenvalue weighted by molar-refractivity contribution is 0.0741. The number of benzene rings is 2. The van der Waals surface area contributed by atoms with Gasteiger partial charge in [-0.2, -0.15) is 0 Å². The Morgan fingerprint density at radius 3 is 2.64 bits per heavy atom. The molecule has 3 aromatic rings. The molecule has 1 aliphatic heterocycles. The van der Waals surface area contributed by atoms with Crippen LogP contribution in [0.4, 0.5) is 20.9 Å². The Balaban J connectivity index is 1.38. The number of aryl methyl sites for hydroxylation is 1. The number of halogens is 1. The summed E-state index contributed by atoms with van der Waals surface area (Å²) in [5.74, 6) is -0.310. The molecular weight excluding hydrogens is 375 g/mol. The van der Waals surface area contributed by atoms with Gasteiger partial charge in [-0.05, 0) is 36.8 Å². The van der Waals surface area contributed by atoms with Crippen molar-refractivity contribution < 1.29 is 9.18 Å². The Morgan fingerprint density at radius 2 is 1.89 bits per heavy atom. The zero-order valence-corrected chi connectivity index (χ0v) is 16.4. The molecule has 1 aromatic heterocycles. The van der Waals surface area contributed by atoms with Crippen LogP contribution in [0, 0.1) is 12.7 Å². The van der Waals surface area contributed by atoms with E-state index in [2.05, 4.69) is 10.3 Å². The SMILES string of the molecule is Cc1cccc(Nc2nc(C(=O)N3CCN(c4ccccc4F)CC3)cs2)c1.